The zero-order chi connectivity index (χ0) is 23.8. The predicted octanol–water partition coefficient (Wildman–Crippen LogP) is 4.75. The first-order valence-electron chi connectivity index (χ1n) is 10.5. The fourth-order valence-corrected chi connectivity index (χ4v) is 3.22. The lowest BCUT2D eigenvalue weighted by molar-refractivity contribution is -0.153. The number of carbonyl (C=O) groups is 2. The Bertz CT molecular complexity index is 1130. The molecule has 0 aliphatic rings. The molecule has 3 aromatic rings. The molecule has 1 atom stereocenters. The molecule has 0 spiro atoms. The van der Waals surface area contributed by atoms with Crippen molar-refractivity contribution in [2.75, 3.05) is 13.2 Å². The Morgan fingerprint density at radius 2 is 1.73 bits per heavy atom. The second-order valence-electron chi connectivity index (χ2n) is 7.44. The SMILES string of the molecule is CCC(CO)OC(=O)COc1cccc(CC(=O)c2cc(-c3cccc(F)c3)ccc2F)c1. The number of Topliss-reactive ketones (excluding diaryl/α,β-unsaturated/α-hetero) is 1. The molecule has 3 aromatic carbocycles. The van der Waals surface area contributed by atoms with Crippen molar-refractivity contribution < 1.29 is 33.0 Å². The molecular weight excluding hydrogens is 430 g/mol. The minimum absolute atomic E-state index is 0.0897. The number of carbonyl (C=O) groups excluding carboxylic acids is 2. The van der Waals surface area contributed by atoms with Gasteiger partial charge in [-0.25, -0.2) is 13.6 Å². The van der Waals surface area contributed by atoms with Crippen molar-refractivity contribution in [3.05, 3.63) is 89.5 Å². The van der Waals surface area contributed by atoms with Gasteiger partial charge in [0.25, 0.3) is 0 Å². The molecule has 7 heteroatoms. The van der Waals surface area contributed by atoms with Crippen molar-refractivity contribution in [3.63, 3.8) is 0 Å². The van der Waals surface area contributed by atoms with Crippen molar-refractivity contribution in [1.29, 1.82) is 0 Å². The highest BCUT2D eigenvalue weighted by molar-refractivity contribution is 5.98. The van der Waals surface area contributed by atoms with Crippen molar-refractivity contribution in [2.45, 2.75) is 25.9 Å². The normalized spacial score (nSPS) is 11.6. The van der Waals surface area contributed by atoms with E-state index in [9.17, 15) is 18.4 Å². The largest absolute Gasteiger partial charge is 0.482 e. The maximum atomic E-state index is 14.4. The lowest BCUT2D eigenvalue weighted by atomic mass is 9.97. The molecule has 5 nitrogen and oxygen atoms in total. The predicted molar refractivity (Wildman–Crippen MR) is 119 cm³/mol. The summed E-state index contributed by atoms with van der Waals surface area (Å²) in [5.74, 6) is -1.80. The molecule has 0 heterocycles. The summed E-state index contributed by atoms with van der Waals surface area (Å²) in [7, 11) is 0. The van der Waals surface area contributed by atoms with E-state index >= 15 is 0 Å². The number of esters is 1. The van der Waals surface area contributed by atoms with E-state index in [1.807, 2.05) is 0 Å². The van der Waals surface area contributed by atoms with E-state index in [0.29, 0.717) is 28.9 Å². The lowest BCUT2D eigenvalue weighted by Crippen LogP contribution is -2.24. The summed E-state index contributed by atoms with van der Waals surface area (Å²) in [5.41, 5.74) is 1.55. The summed E-state index contributed by atoms with van der Waals surface area (Å²) >= 11 is 0. The van der Waals surface area contributed by atoms with Crippen molar-refractivity contribution in [1.82, 2.24) is 0 Å². The lowest BCUT2D eigenvalue weighted by Gasteiger charge is -2.14. The molecule has 0 aromatic heterocycles. The van der Waals surface area contributed by atoms with E-state index < -0.39 is 29.5 Å². The Hall–Kier alpha value is -3.58. The molecule has 1 unspecified atom stereocenters. The second kappa shape index (κ2) is 11.3. The average Bonchev–Trinajstić information content (AvgIpc) is 2.81. The highest BCUT2D eigenvalue weighted by Crippen LogP contribution is 2.24. The van der Waals surface area contributed by atoms with Gasteiger partial charge in [-0.1, -0.05) is 37.3 Å². The number of halogens is 2. The topological polar surface area (TPSA) is 72.8 Å². The van der Waals surface area contributed by atoms with Crippen molar-refractivity contribution >= 4 is 11.8 Å². The van der Waals surface area contributed by atoms with Crippen LogP contribution in [0, 0.1) is 11.6 Å². The number of ether oxygens (including phenoxy) is 2. The molecule has 0 radical (unpaired) electrons. The summed E-state index contributed by atoms with van der Waals surface area (Å²) in [6, 6.07) is 16.5. The maximum absolute atomic E-state index is 14.4. The molecule has 3 rings (SSSR count). The van der Waals surface area contributed by atoms with Gasteiger partial charge in [-0.3, -0.25) is 4.79 Å². The van der Waals surface area contributed by atoms with Crippen molar-refractivity contribution in [2.24, 2.45) is 0 Å². The van der Waals surface area contributed by atoms with E-state index in [0.717, 1.165) is 0 Å². The molecule has 172 valence electrons. The zero-order valence-electron chi connectivity index (χ0n) is 18.1. The first kappa shape index (κ1) is 24.1. The van der Waals surface area contributed by atoms with Crippen LogP contribution in [0.25, 0.3) is 11.1 Å². The van der Waals surface area contributed by atoms with Gasteiger partial charge in [0, 0.05) is 6.42 Å². The molecule has 0 aliphatic carbocycles. The van der Waals surface area contributed by atoms with Crippen LogP contribution in [0.1, 0.15) is 29.3 Å². The summed E-state index contributed by atoms with van der Waals surface area (Å²) in [6.45, 7) is 1.17. The third-order valence-corrected chi connectivity index (χ3v) is 5.00. The van der Waals surface area contributed by atoms with Gasteiger partial charge in [0.05, 0.1) is 12.2 Å². The molecule has 0 fully saturated rings. The zero-order valence-corrected chi connectivity index (χ0v) is 18.1. The van der Waals surface area contributed by atoms with Gasteiger partial charge in [-0.15, -0.1) is 0 Å². The Balaban J connectivity index is 1.68. The van der Waals surface area contributed by atoms with E-state index in [4.69, 9.17) is 14.6 Å². The van der Waals surface area contributed by atoms with Gasteiger partial charge in [-0.05, 0) is 59.5 Å². The molecule has 33 heavy (non-hydrogen) atoms. The minimum atomic E-state index is -0.662. The number of benzene rings is 3. The molecule has 1 N–H and O–H groups in total. The fraction of sp³-hybridized carbons (Fsp3) is 0.231. The van der Waals surface area contributed by atoms with E-state index in [1.54, 1.807) is 43.3 Å². The molecule has 0 aliphatic heterocycles. The first-order chi connectivity index (χ1) is 15.9. The Morgan fingerprint density at radius 1 is 0.970 bits per heavy atom. The highest BCUT2D eigenvalue weighted by atomic mass is 19.1. The Labute approximate surface area is 190 Å². The molecule has 0 bridgehead atoms. The Morgan fingerprint density at radius 3 is 2.45 bits per heavy atom. The van der Waals surface area contributed by atoms with Gasteiger partial charge in [0.15, 0.2) is 12.4 Å². The summed E-state index contributed by atoms with van der Waals surface area (Å²) in [5, 5.41) is 9.09. The van der Waals surface area contributed by atoms with E-state index in [2.05, 4.69) is 0 Å². The number of aliphatic hydroxyl groups excluding tert-OH is 1. The second-order valence-corrected chi connectivity index (χ2v) is 7.44. The summed E-state index contributed by atoms with van der Waals surface area (Å²) < 4.78 is 38.4. The van der Waals surface area contributed by atoms with Crippen LogP contribution in [0.3, 0.4) is 0 Å². The van der Waals surface area contributed by atoms with Crippen LogP contribution in [0.2, 0.25) is 0 Å². The standard InChI is InChI=1S/C26H24F2O5/c1-2-21(15-29)33-26(31)16-32-22-8-3-5-17(11-22)12-25(30)23-14-19(9-10-24(23)28)18-6-4-7-20(27)13-18/h3-11,13-14,21,29H,2,12,15-16H2,1H3. The highest BCUT2D eigenvalue weighted by Gasteiger charge is 2.16. The fourth-order valence-electron chi connectivity index (χ4n) is 3.22. The molecule has 0 saturated carbocycles. The van der Waals surface area contributed by atoms with Crippen LogP contribution in [0.4, 0.5) is 8.78 Å². The molecule has 0 amide bonds. The number of ketones is 1. The van der Waals surface area contributed by atoms with Crippen molar-refractivity contribution in [3.8, 4) is 16.9 Å². The molecular formula is C26H24F2O5. The minimum Gasteiger partial charge on any atom is -0.482 e. The maximum Gasteiger partial charge on any atom is 0.344 e. The smallest absolute Gasteiger partial charge is 0.344 e. The van der Waals surface area contributed by atoms with Crippen LogP contribution in [0.5, 0.6) is 5.75 Å². The summed E-state index contributed by atoms with van der Waals surface area (Å²) in [6.07, 6.45) is -0.187. The van der Waals surface area contributed by atoms with Crippen LogP contribution in [-0.2, 0) is 16.0 Å². The number of rotatable bonds is 10. The van der Waals surface area contributed by atoms with Gasteiger partial charge in [-0.2, -0.15) is 0 Å². The quantitative estimate of drug-likeness (QED) is 0.354. The average molecular weight is 454 g/mol. The van der Waals surface area contributed by atoms with Gasteiger partial charge in [0.1, 0.15) is 23.5 Å². The number of aliphatic hydroxyl groups is 1. The van der Waals surface area contributed by atoms with Crippen LogP contribution in [-0.4, -0.2) is 36.2 Å². The third-order valence-electron chi connectivity index (χ3n) is 5.00. The van der Waals surface area contributed by atoms with Gasteiger partial charge >= 0.3 is 5.97 Å². The van der Waals surface area contributed by atoms with Crippen LogP contribution >= 0.6 is 0 Å². The Kier molecular flexibility index (Phi) is 8.27. The van der Waals surface area contributed by atoms with E-state index in [-0.39, 0.29) is 25.2 Å². The van der Waals surface area contributed by atoms with Crippen LogP contribution in [0.15, 0.2) is 66.7 Å². The van der Waals surface area contributed by atoms with Crippen LogP contribution < -0.4 is 4.74 Å². The van der Waals surface area contributed by atoms with E-state index in [1.165, 1.54) is 30.3 Å². The molecule has 0 saturated heterocycles. The summed E-state index contributed by atoms with van der Waals surface area (Å²) in [4.78, 5) is 24.6. The number of hydrogen-bond donors (Lipinski definition) is 1. The number of hydrogen-bond acceptors (Lipinski definition) is 5. The monoisotopic (exact) mass is 454 g/mol. The third kappa shape index (κ3) is 6.70. The van der Waals surface area contributed by atoms with Gasteiger partial charge < -0.3 is 14.6 Å². The van der Waals surface area contributed by atoms with Gasteiger partial charge in [0.2, 0.25) is 0 Å². The first-order valence-corrected chi connectivity index (χ1v) is 10.5.